The number of aromatic nitrogens is 1. The fourth-order valence-corrected chi connectivity index (χ4v) is 7.30. The van der Waals surface area contributed by atoms with Crippen molar-refractivity contribution in [3.63, 3.8) is 0 Å². The average molecular weight is 490 g/mol. The Hall–Kier alpha value is -2.97. The van der Waals surface area contributed by atoms with Crippen molar-refractivity contribution < 1.29 is 14.4 Å². The molecule has 1 aliphatic heterocycles. The molecule has 8 heteroatoms. The van der Waals surface area contributed by atoms with Crippen LogP contribution in [0.5, 0.6) is 0 Å². The van der Waals surface area contributed by atoms with Gasteiger partial charge in [-0.2, -0.15) is 0 Å². The lowest BCUT2D eigenvalue weighted by atomic mass is 9.85. The Bertz CT molecular complexity index is 1320. The number of amides is 3. The number of anilines is 2. The predicted octanol–water partition coefficient (Wildman–Crippen LogP) is 4.90. The van der Waals surface area contributed by atoms with Gasteiger partial charge in [-0.3, -0.25) is 14.4 Å². The van der Waals surface area contributed by atoms with Gasteiger partial charge in [-0.15, -0.1) is 11.3 Å². The summed E-state index contributed by atoms with van der Waals surface area (Å²) in [5.41, 5.74) is 3.42. The second kappa shape index (κ2) is 8.36. The van der Waals surface area contributed by atoms with Gasteiger partial charge < -0.3 is 5.32 Å². The zero-order valence-corrected chi connectivity index (χ0v) is 20.2. The number of hydrogen-bond donors (Lipinski definition) is 1. The van der Waals surface area contributed by atoms with Crippen LogP contribution in [0.4, 0.5) is 11.4 Å². The van der Waals surface area contributed by atoms with E-state index < -0.39 is 0 Å². The molecule has 1 N–H and O–H groups in total. The molecule has 2 aliphatic carbocycles. The van der Waals surface area contributed by atoms with Crippen LogP contribution in [0, 0.1) is 23.7 Å². The summed E-state index contributed by atoms with van der Waals surface area (Å²) in [6, 6.07) is 13.4. The number of thioether (sulfide) groups is 1. The lowest BCUT2D eigenvalue weighted by molar-refractivity contribution is -0.123. The van der Waals surface area contributed by atoms with Crippen LogP contribution < -0.4 is 10.2 Å². The van der Waals surface area contributed by atoms with Gasteiger partial charge in [-0.1, -0.05) is 43.0 Å². The number of allylic oxidation sites excluding steroid dienone is 2. The highest BCUT2D eigenvalue weighted by Crippen LogP contribution is 2.53. The molecule has 2 aromatic carbocycles. The topological polar surface area (TPSA) is 79.4 Å². The van der Waals surface area contributed by atoms with Crippen molar-refractivity contribution in [1.82, 2.24) is 4.98 Å². The number of benzene rings is 2. The van der Waals surface area contributed by atoms with Crippen molar-refractivity contribution in [1.29, 1.82) is 0 Å². The Kier molecular flexibility index (Phi) is 5.30. The number of nitrogens with zero attached hydrogens (tertiary/aromatic N) is 2. The van der Waals surface area contributed by atoms with Crippen LogP contribution in [0.15, 0.2) is 59.0 Å². The molecule has 3 amide bonds. The smallest absolute Gasteiger partial charge is 0.238 e. The Labute approximate surface area is 205 Å². The van der Waals surface area contributed by atoms with Crippen LogP contribution in [0.1, 0.15) is 18.9 Å². The Morgan fingerprint density at radius 1 is 1.09 bits per heavy atom. The largest absolute Gasteiger partial charge is 0.325 e. The van der Waals surface area contributed by atoms with Crippen LogP contribution >= 0.6 is 23.1 Å². The van der Waals surface area contributed by atoms with Gasteiger partial charge >= 0.3 is 0 Å². The van der Waals surface area contributed by atoms with Crippen molar-refractivity contribution in [2.75, 3.05) is 16.0 Å². The Morgan fingerprint density at radius 2 is 1.79 bits per heavy atom. The first-order chi connectivity index (χ1) is 16.5. The van der Waals surface area contributed by atoms with Gasteiger partial charge in [0, 0.05) is 5.69 Å². The lowest BCUT2D eigenvalue weighted by Gasteiger charge is -2.17. The molecule has 1 saturated heterocycles. The lowest BCUT2D eigenvalue weighted by Crippen LogP contribution is -2.32. The van der Waals surface area contributed by atoms with Gasteiger partial charge in [0.25, 0.3) is 0 Å². The van der Waals surface area contributed by atoms with E-state index in [9.17, 15) is 14.4 Å². The molecule has 0 unspecified atom stereocenters. The maximum atomic E-state index is 13.1. The molecule has 2 bridgehead atoms. The van der Waals surface area contributed by atoms with Crippen molar-refractivity contribution in [2.45, 2.75) is 24.1 Å². The van der Waals surface area contributed by atoms with Crippen LogP contribution in [0.2, 0.25) is 0 Å². The summed E-state index contributed by atoms with van der Waals surface area (Å²) in [5.74, 6) is -0.000501. The van der Waals surface area contributed by atoms with Gasteiger partial charge in [0.15, 0.2) is 4.34 Å². The highest BCUT2D eigenvalue weighted by Gasteiger charge is 2.59. The Morgan fingerprint density at radius 3 is 2.47 bits per heavy atom. The summed E-state index contributed by atoms with van der Waals surface area (Å²) in [7, 11) is 0. The van der Waals surface area contributed by atoms with E-state index in [1.165, 1.54) is 33.6 Å². The molecule has 0 radical (unpaired) electrons. The first-order valence-corrected chi connectivity index (χ1v) is 13.3. The van der Waals surface area contributed by atoms with Gasteiger partial charge in [-0.05, 0) is 60.6 Å². The first-order valence-electron chi connectivity index (χ1n) is 11.5. The van der Waals surface area contributed by atoms with Crippen molar-refractivity contribution in [2.24, 2.45) is 23.7 Å². The number of fused-ring (bicyclic) bond motifs is 6. The molecule has 172 valence electrons. The van der Waals surface area contributed by atoms with Crippen molar-refractivity contribution in [3.05, 3.63) is 60.2 Å². The molecular formula is C26H23N3O3S2. The molecule has 6 nitrogen and oxygen atoms in total. The van der Waals surface area contributed by atoms with E-state index in [1.54, 1.807) is 6.07 Å². The molecular weight excluding hydrogens is 466 g/mol. The normalized spacial score (nSPS) is 24.9. The number of imide groups is 1. The van der Waals surface area contributed by atoms with Crippen LogP contribution in [-0.2, 0) is 20.8 Å². The number of aryl methyl sites for hydroxylation is 1. The number of carbonyl (C=O) groups excluding carboxylic acids is 3. The van der Waals surface area contributed by atoms with E-state index in [0.29, 0.717) is 5.69 Å². The van der Waals surface area contributed by atoms with Crippen LogP contribution in [0.25, 0.3) is 10.2 Å². The summed E-state index contributed by atoms with van der Waals surface area (Å²) in [6.07, 6.45) is 6.09. The van der Waals surface area contributed by atoms with E-state index in [4.69, 9.17) is 0 Å². The van der Waals surface area contributed by atoms with Gasteiger partial charge in [0.1, 0.15) is 0 Å². The zero-order valence-electron chi connectivity index (χ0n) is 18.6. The quantitative estimate of drug-likeness (QED) is 0.303. The third-order valence-electron chi connectivity index (χ3n) is 7.05. The summed E-state index contributed by atoms with van der Waals surface area (Å²) in [5, 5.41) is 2.91. The standard InChI is InChI=1S/C26H23N3O3S2/c1-2-14-3-7-17(8-4-14)27-21(30)13-33-26-28-19-10-9-18(12-20(19)34-26)29-24(31)22-15-5-6-16(11-15)23(22)25(29)32/h3-10,12,15-16,22-23H,2,11,13H2,1H3,(H,27,30)/t15-,16-,22-,23+/m0/s1. The molecule has 4 atom stereocenters. The SMILES string of the molecule is CCc1ccc(NC(=O)CSc2nc3ccc(N4C(=O)[C@@H]5[C@H](C4=O)[C@H]4C=C[C@H]5C4)cc3s2)cc1. The molecule has 3 aliphatic rings. The molecule has 3 aromatic rings. The zero-order chi connectivity index (χ0) is 23.4. The summed E-state index contributed by atoms with van der Waals surface area (Å²) in [6.45, 7) is 2.10. The van der Waals surface area contributed by atoms with Crippen molar-refractivity contribution >= 4 is 62.4 Å². The number of carbonyl (C=O) groups is 3. The summed E-state index contributed by atoms with van der Waals surface area (Å²) >= 11 is 2.85. The van der Waals surface area contributed by atoms with Gasteiger partial charge in [0.2, 0.25) is 17.7 Å². The third-order valence-corrected chi connectivity index (χ3v) is 9.21. The molecule has 2 heterocycles. The van der Waals surface area contributed by atoms with E-state index in [1.807, 2.05) is 36.4 Å². The summed E-state index contributed by atoms with van der Waals surface area (Å²) < 4.78 is 1.68. The minimum atomic E-state index is -0.206. The number of nitrogens with one attached hydrogen (secondary N) is 1. The van der Waals surface area contributed by atoms with E-state index in [2.05, 4.69) is 29.4 Å². The maximum absolute atomic E-state index is 13.1. The summed E-state index contributed by atoms with van der Waals surface area (Å²) in [4.78, 5) is 44.6. The fraction of sp³-hybridized carbons (Fsp3) is 0.308. The first kappa shape index (κ1) is 21.6. The highest BCUT2D eigenvalue weighted by atomic mass is 32.2. The van der Waals surface area contributed by atoms with Gasteiger partial charge in [-0.25, -0.2) is 9.88 Å². The number of hydrogen-bond acceptors (Lipinski definition) is 6. The van der Waals surface area contributed by atoms with E-state index >= 15 is 0 Å². The Balaban J connectivity index is 1.14. The molecule has 6 rings (SSSR count). The van der Waals surface area contributed by atoms with Crippen LogP contribution in [-0.4, -0.2) is 28.5 Å². The predicted molar refractivity (Wildman–Crippen MR) is 135 cm³/mol. The third kappa shape index (κ3) is 3.56. The van der Waals surface area contributed by atoms with E-state index in [0.717, 1.165) is 33.1 Å². The molecule has 0 spiro atoms. The molecule has 1 aromatic heterocycles. The second-order valence-electron chi connectivity index (χ2n) is 9.03. The van der Waals surface area contributed by atoms with Gasteiger partial charge in [0.05, 0.1) is 33.5 Å². The monoisotopic (exact) mass is 489 g/mol. The maximum Gasteiger partial charge on any atom is 0.238 e. The average Bonchev–Trinajstić information content (AvgIpc) is 3.60. The fourth-order valence-electron chi connectivity index (χ4n) is 5.40. The molecule has 1 saturated carbocycles. The highest BCUT2D eigenvalue weighted by molar-refractivity contribution is 8.01. The minimum Gasteiger partial charge on any atom is -0.325 e. The second-order valence-corrected chi connectivity index (χ2v) is 11.3. The van der Waals surface area contributed by atoms with Crippen LogP contribution in [0.3, 0.4) is 0 Å². The minimum absolute atomic E-state index is 0.0750. The van der Waals surface area contributed by atoms with Crippen molar-refractivity contribution in [3.8, 4) is 0 Å². The van der Waals surface area contributed by atoms with E-state index in [-0.39, 0.29) is 47.1 Å². The number of rotatable bonds is 6. The molecule has 2 fully saturated rings. The molecule has 34 heavy (non-hydrogen) atoms. The number of thiazole rings is 1.